The summed E-state index contributed by atoms with van der Waals surface area (Å²) in [5.41, 5.74) is 1.39. The molecule has 2 aromatic rings. The molecule has 0 aliphatic carbocycles. The lowest BCUT2D eigenvalue weighted by Crippen LogP contribution is -2.29. The minimum absolute atomic E-state index is 0.0481. The number of anilines is 2. The van der Waals surface area contributed by atoms with Gasteiger partial charge in [0.25, 0.3) is 5.91 Å². The number of amides is 1. The number of hydrogen-bond acceptors (Lipinski definition) is 6. The highest BCUT2D eigenvalue weighted by atomic mass is 32.2. The molecule has 1 amide bonds. The van der Waals surface area contributed by atoms with Gasteiger partial charge in [-0.25, -0.2) is 9.03 Å². The summed E-state index contributed by atoms with van der Waals surface area (Å²) in [5.74, 6) is -0.308. The van der Waals surface area contributed by atoms with Crippen LogP contribution in [-0.2, 0) is 15.0 Å². The molecule has 3 N–H and O–H groups in total. The van der Waals surface area contributed by atoms with Crippen molar-refractivity contribution in [2.45, 2.75) is 20.3 Å². The number of carbonyl (C=O) groups excluding carboxylic acids is 1. The SMILES string of the molecule is CC(C)CCNc1cnc2cc(O)c(N3CC(=O)NS3(=O)=O)cc2c1. The average molecular weight is 364 g/mol. The van der Waals surface area contributed by atoms with Crippen LogP contribution in [0.3, 0.4) is 0 Å². The van der Waals surface area contributed by atoms with Crippen molar-refractivity contribution < 1.29 is 18.3 Å². The van der Waals surface area contributed by atoms with Crippen LogP contribution < -0.4 is 14.3 Å². The predicted molar refractivity (Wildman–Crippen MR) is 95.8 cm³/mol. The quantitative estimate of drug-likeness (QED) is 0.743. The lowest BCUT2D eigenvalue weighted by molar-refractivity contribution is -0.117. The molecule has 2 heterocycles. The summed E-state index contributed by atoms with van der Waals surface area (Å²) in [5, 5.41) is 14.1. The minimum Gasteiger partial charge on any atom is -0.506 e. The Hall–Kier alpha value is -2.55. The number of hydrogen-bond donors (Lipinski definition) is 3. The smallest absolute Gasteiger partial charge is 0.326 e. The summed E-state index contributed by atoms with van der Waals surface area (Å²) >= 11 is 0. The topological polar surface area (TPSA) is 112 Å². The lowest BCUT2D eigenvalue weighted by atomic mass is 10.1. The van der Waals surface area contributed by atoms with Crippen molar-refractivity contribution in [2.24, 2.45) is 5.92 Å². The fourth-order valence-electron chi connectivity index (χ4n) is 2.62. The van der Waals surface area contributed by atoms with E-state index >= 15 is 0 Å². The molecule has 0 unspecified atom stereocenters. The third-order valence-corrected chi connectivity index (χ3v) is 5.31. The molecule has 1 saturated heterocycles. The molecule has 1 aliphatic heterocycles. The van der Waals surface area contributed by atoms with E-state index in [9.17, 15) is 18.3 Å². The van der Waals surface area contributed by atoms with E-state index in [1.807, 2.05) is 10.8 Å². The van der Waals surface area contributed by atoms with Crippen molar-refractivity contribution in [3.63, 3.8) is 0 Å². The number of nitrogens with zero attached hydrogens (tertiary/aromatic N) is 2. The molecule has 134 valence electrons. The number of phenols is 1. The van der Waals surface area contributed by atoms with E-state index in [1.54, 1.807) is 6.20 Å². The Morgan fingerprint density at radius 1 is 1.36 bits per heavy atom. The maximum absolute atomic E-state index is 12.0. The molecule has 0 atom stereocenters. The van der Waals surface area contributed by atoms with Crippen LogP contribution in [0.2, 0.25) is 0 Å². The lowest BCUT2D eigenvalue weighted by Gasteiger charge is -2.17. The van der Waals surface area contributed by atoms with Gasteiger partial charge in [-0.1, -0.05) is 13.8 Å². The van der Waals surface area contributed by atoms with E-state index in [1.165, 1.54) is 12.1 Å². The standard InChI is InChI=1S/C16H20N4O4S/c1-10(2)3-4-17-12-5-11-6-14(15(21)7-13(11)18-8-12)20-9-16(22)19-25(20,23)24/h5-8,10,17,21H,3-4,9H2,1-2H3,(H,19,22). The van der Waals surface area contributed by atoms with Gasteiger partial charge in [0.15, 0.2) is 0 Å². The van der Waals surface area contributed by atoms with Crippen LogP contribution >= 0.6 is 0 Å². The first kappa shape index (κ1) is 17.3. The molecule has 1 aromatic heterocycles. The first-order valence-corrected chi connectivity index (χ1v) is 9.40. The van der Waals surface area contributed by atoms with E-state index < -0.39 is 16.1 Å². The van der Waals surface area contributed by atoms with E-state index in [4.69, 9.17) is 0 Å². The molecule has 1 fully saturated rings. The van der Waals surface area contributed by atoms with Crippen molar-refractivity contribution in [1.82, 2.24) is 9.71 Å². The van der Waals surface area contributed by atoms with Gasteiger partial charge >= 0.3 is 10.2 Å². The maximum atomic E-state index is 12.0. The second-order valence-electron chi connectivity index (χ2n) is 6.40. The van der Waals surface area contributed by atoms with Gasteiger partial charge in [0, 0.05) is 18.0 Å². The van der Waals surface area contributed by atoms with Crippen LogP contribution in [0.15, 0.2) is 24.4 Å². The number of fused-ring (bicyclic) bond motifs is 1. The van der Waals surface area contributed by atoms with E-state index in [0.717, 1.165) is 23.0 Å². The Labute approximate surface area is 146 Å². The second kappa shape index (κ2) is 6.40. The molecular weight excluding hydrogens is 344 g/mol. The Morgan fingerprint density at radius 2 is 2.12 bits per heavy atom. The number of rotatable bonds is 5. The largest absolute Gasteiger partial charge is 0.506 e. The number of aromatic nitrogens is 1. The fourth-order valence-corrected chi connectivity index (χ4v) is 3.77. The molecule has 9 heteroatoms. The van der Waals surface area contributed by atoms with Gasteiger partial charge in [0.05, 0.1) is 23.1 Å². The third-order valence-electron chi connectivity index (χ3n) is 3.92. The number of phenolic OH excluding ortho intramolecular Hbond substituents is 1. The Morgan fingerprint density at radius 3 is 2.76 bits per heavy atom. The Balaban J connectivity index is 1.95. The van der Waals surface area contributed by atoms with Gasteiger partial charge in [0.2, 0.25) is 0 Å². The van der Waals surface area contributed by atoms with Crippen LogP contribution in [0.5, 0.6) is 5.75 Å². The van der Waals surface area contributed by atoms with Crippen molar-refractivity contribution >= 4 is 38.4 Å². The third kappa shape index (κ3) is 3.60. The number of aromatic hydroxyl groups is 1. The van der Waals surface area contributed by atoms with Gasteiger partial charge in [-0.2, -0.15) is 8.42 Å². The number of nitrogens with one attached hydrogen (secondary N) is 2. The molecule has 0 saturated carbocycles. The van der Waals surface area contributed by atoms with Crippen LogP contribution in [0.25, 0.3) is 10.9 Å². The van der Waals surface area contributed by atoms with Crippen molar-refractivity contribution in [2.75, 3.05) is 22.7 Å². The second-order valence-corrected chi connectivity index (χ2v) is 8.00. The molecule has 0 spiro atoms. The monoisotopic (exact) mass is 364 g/mol. The highest BCUT2D eigenvalue weighted by molar-refractivity contribution is 7.92. The molecule has 0 bridgehead atoms. The predicted octanol–water partition coefficient (Wildman–Crippen LogP) is 1.58. The fraction of sp³-hybridized carbons (Fsp3) is 0.375. The van der Waals surface area contributed by atoms with Gasteiger partial charge in [-0.3, -0.25) is 9.78 Å². The van der Waals surface area contributed by atoms with Crippen LogP contribution in [0.1, 0.15) is 20.3 Å². The van der Waals surface area contributed by atoms with Crippen molar-refractivity contribution in [3.05, 3.63) is 24.4 Å². The normalized spacial score (nSPS) is 16.4. The molecule has 0 radical (unpaired) electrons. The summed E-state index contributed by atoms with van der Waals surface area (Å²) < 4.78 is 26.7. The highest BCUT2D eigenvalue weighted by Crippen LogP contribution is 2.34. The number of pyridine rings is 1. The van der Waals surface area contributed by atoms with Crippen molar-refractivity contribution in [1.29, 1.82) is 0 Å². The van der Waals surface area contributed by atoms with Gasteiger partial charge in [0.1, 0.15) is 12.3 Å². The summed E-state index contributed by atoms with van der Waals surface area (Å²) in [6.07, 6.45) is 2.68. The summed E-state index contributed by atoms with van der Waals surface area (Å²) in [7, 11) is -3.98. The molecule has 3 rings (SSSR count). The molecule has 25 heavy (non-hydrogen) atoms. The molecule has 1 aromatic carbocycles. The Kier molecular flexibility index (Phi) is 4.42. The minimum atomic E-state index is -3.98. The summed E-state index contributed by atoms with van der Waals surface area (Å²) in [6, 6.07) is 4.74. The summed E-state index contributed by atoms with van der Waals surface area (Å²) in [4.78, 5) is 15.7. The summed E-state index contributed by atoms with van der Waals surface area (Å²) in [6.45, 7) is 4.72. The molecule has 8 nitrogen and oxygen atoms in total. The van der Waals surface area contributed by atoms with Crippen molar-refractivity contribution in [3.8, 4) is 5.75 Å². The van der Waals surface area contributed by atoms with E-state index in [-0.39, 0.29) is 18.0 Å². The van der Waals surface area contributed by atoms with Crippen LogP contribution in [0, 0.1) is 5.92 Å². The Bertz CT molecular complexity index is 927. The first-order chi connectivity index (χ1) is 11.8. The van der Waals surface area contributed by atoms with Crippen LogP contribution in [-0.4, -0.2) is 37.5 Å². The average Bonchev–Trinajstić information content (AvgIpc) is 2.79. The van der Waals surface area contributed by atoms with Gasteiger partial charge in [-0.05, 0) is 24.5 Å². The number of benzene rings is 1. The zero-order valence-corrected chi connectivity index (χ0v) is 14.8. The van der Waals surface area contributed by atoms with Gasteiger partial charge < -0.3 is 10.4 Å². The zero-order valence-electron chi connectivity index (χ0n) is 14.0. The van der Waals surface area contributed by atoms with Crippen LogP contribution in [0.4, 0.5) is 11.4 Å². The molecular formula is C16H20N4O4S. The molecule has 1 aliphatic rings. The number of carbonyl (C=O) groups is 1. The maximum Gasteiger partial charge on any atom is 0.326 e. The zero-order chi connectivity index (χ0) is 18.2. The van der Waals surface area contributed by atoms with E-state index in [2.05, 4.69) is 24.1 Å². The highest BCUT2D eigenvalue weighted by Gasteiger charge is 2.35. The van der Waals surface area contributed by atoms with Gasteiger partial charge in [-0.15, -0.1) is 0 Å². The first-order valence-electron chi connectivity index (χ1n) is 7.96. The van der Waals surface area contributed by atoms with E-state index in [0.29, 0.717) is 16.8 Å².